The van der Waals surface area contributed by atoms with Crippen LogP contribution in [0.1, 0.15) is 11.4 Å². The molecule has 1 heterocycles. The predicted molar refractivity (Wildman–Crippen MR) is 114 cm³/mol. The largest absolute Gasteiger partial charge is 0.416 e. The standard InChI is InChI=1S/C22H15F4N3O3S/c1-13-27-19-8-3-2-7-17(19)21(30)29(13)15-9-10-18(23)20(12-15)28-33(31,32)16-6-4-5-14(11-16)22(24,25)26/h2-12,28H,1H3. The quantitative estimate of drug-likeness (QED) is 0.434. The molecule has 1 aromatic heterocycles. The number of aryl methyl sites for hydroxylation is 1. The van der Waals surface area contributed by atoms with Gasteiger partial charge in [0.05, 0.1) is 32.7 Å². The molecule has 1 N–H and O–H groups in total. The molecular weight excluding hydrogens is 462 g/mol. The maximum atomic E-state index is 14.4. The number of para-hydroxylation sites is 1. The summed E-state index contributed by atoms with van der Waals surface area (Å²) < 4.78 is 81.8. The summed E-state index contributed by atoms with van der Waals surface area (Å²) in [4.78, 5) is 16.6. The van der Waals surface area contributed by atoms with Gasteiger partial charge in [-0.15, -0.1) is 0 Å². The van der Waals surface area contributed by atoms with Gasteiger partial charge in [-0.05, 0) is 55.5 Å². The monoisotopic (exact) mass is 477 g/mol. The van der Waals surface area contributed by atoms with Gasteiger partial charge in [0.2, 0.25) is 0 Å². The smallest absolute Gasteiger partial charge is 0.277 e. The Labute approximate surface area is 185 Å². The molecular formula is C22H15F4N3O3S. The van der Waals surface area contributed by atoms with E-state index in [1.54, 1.807) is 31.2 Å². The van der Waals surface area contributed by atoms with E-state index in [-0.39, 0.29) is 11.5 Å². The molecule has 3 aromatic carbocycles. The van der Waals surface area contributed by atoms with Gasteiger partial charge in [-0.2, -0.15) is 13.2 Å². The number of aromatic nitrogens is 2. The minimum Gasteiger partial charge on any atom is -0.277 e. The van der Waals surface area contributed by atoms with Crippen LogP contribution in [0.3, 0.4) is 0 Å². The second-order valence-electron chi connectivity index (χ2n) is 7.11. The second-order valence-corrected chi connectivity index (χ2v) is 8.79. The molecule has 0 saturated carbocycles. The van der Waals surface area contributed by atoms with Crippen LogP contribution in [0, 0.1) is 12.7 Å². The summed E-state index contributed by atoms with van der Waals surface area (Å²) in [6.07, 6.45) is -4.75. The number of sulfonamides is 1. The summed E-state index contributed by atoms with van der Waals surface area (Å²) in [5, 5.41) is 0.304. The molecule has 33 heavy (non-hydrogen) atoms. The summed E-state index contributed by atoms with van der Waals surface area (Å²) in [6, 6.07) is 13.0. The maximum absolute atomic E-state index is 14.4. The molecule has 0 spiro atoms. The topological polar surface area (TPSA) is 81.1 Å². The van der Waals surface area contributed by atoms with Crippen LogP contribution in [0.4, 0.5) is 23.2 Å². The van der Waals surface area contributed by atoms with Gasteiger partial charge in [-0.1, -0.05) is 18.2 Å². The van der Waals surface area contributed by atoms with Crippen LogP contribution in [0.2, 0.25) is 0 Å². The predicted octanol–water partition coefficient (Wildman–Crippen LogP) is 4.65. The van der Waals surface area contributed by atoms with Crippen molar-refractivity contribution in [1.29, 1.82) is 0 Å². The van der Waals surface area contributed by atoms with Crippen LogP contribution in [-0.4, -0.2) is 18.0 Å². The Bertz CT molecular complexity index is 1550. The number of benzene rings is 3. The highest BCUT2D eigenvalue weighted by Crippen LogP contribution is 2.31. The number of hydrogen-bond acceptors (Lipinski definition) is 4. The molecule has 0 unspecified atom stereocenters. The van der Waals surface area contributed by atoms with Crippen molar-refractivity contribution in [3.05, 3.63) is 94.3 Å². The van der Waals surface area contributed by atoms with Crippen molar-refractivity contribution in [1.82, 2.24) is 9.55 Å². The minimum atomic E-state index is -4.75. The van der Waals surface area contributed by atoms with E-state index in [0.29, 0.717) is 17.0 Å². The third-order valence-corrected chi connectivity index (χ3v) is 6.23. The van der Waals surface area contributed by atoms with Crippen molar-refractivity contribution < 1.29 is 26.0 Å². The molecule has 0 fully saturated rings. The molecule has 4 rings (SSSR count). The third-order valence-electron chi connectivity index (χ3n) is 4.87. The zero-order chi connectivity index (χ0) is 24.0. The highest BCUT2D eigenvalue weighted by molar-refractivity contribution is 7.92. The fraction of sp³-hybridized carbons (Fsp3) is 0.0909. The molecule has 0 bridgehead atoms. The van der Waals surface area contributed by atoms with E-state index >= 15 is 0 Å². The second kappa shape index (κ2) is 8.00. The Morgan fingerprint density at radius 3 is 2.42 bits per heavy atom. The molecule has 170 valence electrons. The van der Waals surface area contributed by atoms with Crippen molar-refractivity contribution in [2.24, 2.45) is 0 Å². The summed E-state index contributed by atoms with van der Waals surface area (Å²) in [6.45, 7) is 1.56. The number of rotatable bonds is 4. The molecule has 0 aliphatic carbocycles. The van der Waals surface area contributed by atoms with E-state index < -0.39 is 43.7 Å². The van der Waals surface area contributed by atoms with Gasteiger partial charge in [0.1, 0.15) is 11.6 Å². The van der Waals surface area contributed by atoms with Crippen molar-refractivity contribution in [2.75, 3.05) is 4.72 Å². The fourth-order valence-electron chi connectivity index (χ4n) is 3.32. The summed E-state index contributed by atoms with van der Waals surface area (Å²) in [5.74, 6) is -0.703. The Kier molecular flexibility index (Phi) is 5.44. The van der Waals surface area contributed by atoms with Gasteiger partial charge >= 0.3 is 6.18 Å². The van der Waals surface area contributed by atoms with Crippen molar-refractivity contribution in [2.45, 2.75) is 18.0 Å². The van der Waals surface area contributed by atoms with Gasteiger partial charge in [-0.3, -0.25) is 14.1 Å². The highest BCUT2D eigenvalue weighted by Gasteiger charge is 2.31. The molecule has 0 radical (unpaired) electrons. The third kappa shape index (κ3) is 4.31. The Hall–Kier alpha value is -3.73. The molecule has 0 aliphatic heterocycles. The SMILES string of the molecule is Cc1nc2ccccc2c(=O)n1-c1ccc(F)c(NS(=O)(=O)c2cccc(C(F)(F)F)c2)c1. The first-order chi connectivity index (χ1) is 15.5. The Morgan fingerprint density at radius 1 is 0.970 bits per heavy atom. The Balaban J connectivity index is 1.78. The van der Waals surface area contributed by atoms with E-state index in [2.05, 4.69) is 4.98 Å². The zero-order valence-electron chi connectivity index (χ0n) is 16.9. The number of nitrogens with one attached hydrogen (secondary N) is 1. The lowest BCUT2D eigenvalue weighted by Crippen LogP contribution is -2.22. The van der Waals surface area contributed by atoms with Crippen LogP contribution in [0.25, 0.3) is 16.6 Å². The van der Waals surface area contributed by atoms with Crippen LogP contribution in [0.5, 0.6) is 0 Å². The van der Waals surface area contributed by atoms with Gasteiger partial charge in [0.25, 0.3) is 15.6 Å². The van der Waals surface area contributed by atoms with Crippen LogP contribution < -0.4 is 10.3 Å². The molecule has 4 aromatic rings. The van der Waals surface area contributed by atoms with E-state index in [0.717, 1.165) is 30.3 Å². The zero-order valence-corrected chi connectivity index (χ0v) is 17.7. The number of fused-ring (bicyclic) bond motifs is 1. The summed E-state index contributed by atoms with van der Waals surface area (Å²) in [5.41, 5.74) is -1.56. The van der Waals surface area contributed by atoms with E-state index in [9.17, 15) is 30.8 Å². The average Bonchev–Trinajstić information content (AvgIpc) is 2.75. The summed E-state index contributed by atoms with van der Waals surface area (Å²) in [7, 11) is -4.57. The van der Waals surface area contributed by atoms with Crippen molar-refractivity contribution in [3.8, 4) is 5.69 Å². The number of nitrogens with zero attached hydrogens (tertiary/aromatic N) is 2. The van der Waals surface area contributed by atoms with E-state index in [1.165, 1.54) is 10.6 Å². The maximum Gasteiger partial charge on any atom is 0.416 e. The number of anilines is 1. The first kappa shape index (κ1) is 22.5. The molecule has 0 saturated heterocycles. The minimum absolute atomic E-state index is 0.124. The van der Waals surface area contributed by atoms with E-state index in [1.807, 2.05) is 4.72 Å². The fourth-order valence-corrected chi connectivity index (χ4v) is 4.43. The first-order valence-electron chi connectivity index (χ1n) is 9.46. The number of hydrogen-bond donors (Lipinski definition) is 1. The van der Waals surface area contributed by atoms with Gasteiger partial charge < -0.3 is 0 Å². The van der Waals surface area contributed by atoms with Crippen molar-refractivity contribution in [3.63, 3.8) is 0 Å². The highest BCUT2D eigenvalue weighted by atomic mass is 32.2. The van der Waals surface area contributed by atoms with Gasteiger partial charge in [0, 0.05) is 0 Å². The van der Waals surface area contributed by atoms with Crippen LogP contribution in [-0.2, 0) is 16.2 Å². The van der Waals surface area contributed by atoms with E-state index in [4.69, 9.17) is 0 Å². The molecule has 11 heteroatoms. The lowest BCUT2D eigenvalue weighted by molar-refractivity contribution is -0.137. The first-order valence-corrected chi connectivity index (χ1v) is 10.9. The normalized spacial score (nSPS) is 12.2. The van der Waals surface area contributed by atoms with Crippen molar-refractivity contribution >= 4 is 26.6 Å². The van der Waals surface area contributed by atoms with Crippen LogP contribution >= 0.6 is 0 Å². The molecule has 6 nitrogen and oxygen atoms in total. The molecule has 0 atom stereocenters. The number of alkyl halides is 3. The molecule has 0 aliphatic rings. The average molecular weight is 477 g/mol. The Morgan fingerprint density at radius 2 is 1.70 bits per heavy atom. The lowest BCUT2D eigenvalue weighted by Gasteiger charge is -2.14. The van der Waals surface area contributed by atoms with Crippen LogP contribution in [0.15, 0.2) is 76.4 Å². The number of halogens is 4. The molecule has 0 amide bonds. The summed E-state index contributed by atoms with van der Waals surface area (Å²) >= 11 is 0. The van der Waals surface area contributed by atoms with Gasteiger partial charge in [-0.25, -0.2) is 17.8 Å². The lowest BCUT2D eigenvalue weighted by atomic mass is 10.2. The van der Waals surface area contributed by atoms with Gasteiger partial charge in [0.15, 0.2) is 0 Å².